The number of hydrogen-bond donors (Lipinski definition) is 1. The van der Waals surface area contributed by atoms with Crippen molar-refractivity contribution in [3.05, 3.63) is 29.7 Å². The summed E-state index contributed by atoms with van der Waals surface area (Å²) in [7, 11) is 1.26. The van der Waals surface area contributed by atoms with E-state index in [1.807, 2.05) is 0 Å². The molecule has 0 aliphatic carbocycles. The van der Waals surface area contributed by atoms with Gasteiger partial charge in [-0.05, 0) is 0 Å². The fourth-order valence-corrected chi connectivity index (χ4v) is 0.784. The van der Waals surface area contributed by atoms with Crippen molar-refractivity contribution in [2.45, 2.75) is 0 Å². The van der Waals surface area contributed by atoms with Crippen molar-refractivity contribution in [3.8, 4) is 0 Å². The molecule has 0 unspecified atom stereocenters. The summed E-state index contributed by atoms with van der Waals surface area (Å²) in [6, 6.07) is 0. The third-order valence-corrected chi connectivity index (χ3v) is 1.51. The molecule has 0 spiro atoms. The van der Waals surface area contributed by atoms with E-state index >= 15 is 0 Å². The number of nitrogens with one attached hydrogen (secondary N) is 1. The number of carbonyl (C=O) groups is 1. The molecule has 1 rings (SSSR count). The Kier molecular flexibility index (Phi) is 3.41. The first-order valence-corrected chi connectivity index (χ1v) is 4.03. The Morgan fingerprint density at radius 3 is 2.64 bits per heavy atom. The fourth-order valence-electron chi connectivity index (χ4n) is 0.686. The second-order valence-corrected chi connectivity index (χ2v) is 2.76. The fraction of sp³-hybridized carbons (Fsp3) is 0.125. The molecule has 0 radical (unpaired) electrons. The molecule has 14 heavy (non-hydrogen) atoms. The van der Waals surface area contributed by atoms with Gasteiger partial charge >= 0.3 is 5.97 Å². The molecule has 1 heterocycles. The van der Waals surface area contributed by atoms with E-state index in [2.05, 4.69) is 26.6 Å². The minimum Gasteiger partial charge on any atom is -0.464 e. The highest BCUT2D eigenvalue weighted by molar-refractivity contribution is 6.30. The average Bonchev–Trinajstić information content (AvgIpc) is 2.20. The van der Waals surface area contributed by atoms with Crippen molar-refractivity contribution in [2.75, 3.05) is 12.4 Å². The van der Waals surface area contributed by atoms with Gasteiger partial charge in [-0.2, -0.15) is 0 Å². The van der Waals surface area contributed by atoms with E-state index in [0.717, 1.165) is 0 Å². The van der Waals surface area contributed by atoms with Crippen LogP contribution in [0.4, 0.5) is 5.95 Å². The molecule has 0 aliphatic rings. The van der Waals surface area contributed by atoms with Gasteiger partial charge in [-0.3, -0.25) is 0 Å². The number of ether oxygens (including phenoxy) is 1. The predicted octanol–water partition coefficient (Wildman–Crippen LogP) is 1.23. The van der Waals surface area contributed by atoms with Crippen LogP contribution in [-0.4, -0.2) is 23.0 Å². The van der Waals surface area contributed by atoms with Crippen LogP contribution in [0.3, 0.4) is 0 Å². The molecule has 1 aromatic rings. The van der Waals surface area contributed by atoms with Crippen LogP contribution in [0.25, 0.3) is 0 Å². The van der Waals surface area contributed by atoms with Gasteiger partial charge in [-0.25, -0.2) is 14.8 Å². The molecule has 1 aromatic heterocycles. The highest BCUT2D eigenvalue weighted by Crippen LogP contribution is 2.07. The molecule has 74 valence electrons. The lowest BCUT2D eigenvalue weighted by Crippen LogP contribution is -2.13. The molecule has 0 fully saturated rings. The van der Waals surface area contributed by atoms with Crippen molar-refractivity contribution < 1.29 is 9.53 Å². The van der Waals surface area contributed by atoms with Gasteiger partial charge in [0.15, 0.2) is 0 Å². The summed E-state index contributed by atoms with van der Waals surface area (Å²) >= 11 is 5.57. The molecule has 0 saturated carbocycles. The first kappa shape index (κ1) is 10.5. The number of hydrogen-bond acceptors (Lipinski definition) is 5. The first-order valence-electron chi connectivity index (χ1n) is 3.65. The minimum absolute atomic E-state index is 0.0647. The number of rotatable bonds is 3. The monoisotopic (exact) mass is 213 g/mol. The van der Waals surface area contributed by atoms with Gasteiger partial charge in [0.05, 0.1) is 24.5 Å². The molecule has 0 saturated heterocycles. The Labute approximate surface area is 85.8 Å². The quantitative estimate of drug-likeness (QED) is 0.604. The van der Waals surface area contributed by atoms with E-state index in [0.29, 0.717) is 5.02 Å². The second-order valence-electron chi connectivity index (χ2n) is 2.32. The van der Waals surface area contributed by atoms with E-state index in [9.17, 15) is 4.79 Å². The van der Waals surface area contributed by atoms with Gasteiger partial charge in [0.1, 0.15) is 5.70 Å². The number of nitrogens with zero attached hydrogens (tertiary/aromatic N) is 2. The van der Waals surface area contributed by atoms with E-state index in [1.165, 1.54) is 19.5 Å². The summed E-state index contributed by atoms with van der Waals surface area (Å²) in [6.45, 7) is 3.44. The van der Waals surface area contributed by atoms with Gasteiger partial charge < -0.3 is 10.1 Å². The normalized spacial score (nSPS) is 9.29. The van der Waals surface area contributed by atoms with Crippen molar-refractivity contribution in [2.24, 2.45) is 0 Å². The summed E-state index contributed by atoms with van der Waals surface area (Å²) < 4.78 is 4.43. The van der Waals surface area contributed by atoms with Gasteiger partial charge in [0, 0.05) is 0 Å². The van der Waals surface area contributed by atoms with Gasteiger partial charge in [0.2, 0.25) is 5.95 Å². The molecule has 5 nitrogen and oxygen atoms in total. The van der Waals surface area contributed by atoms with Crippen LogP contribution < -0.4 is 5.32 Å². The van der Waals surface area contributed by atoms with Crippen LogP contribution in [0.15, 0.2) is 24.7 Å². The standard InChI is InChI=1S/C8H8ClN3O2/c1-5(7(13)14-2)12-8-10-3-6(9)4-11-8/h3-4H,1H2,2H3,(H,10,11,12). The van der Waals surface area contributed by atoms with Crippen LogP contribution in [0, 0.1) is 0 Å². The second kappa shape index (κ2) is 4.57. The molecule has 6 heteroatoms. The number of esters is 1. The largest absolute Gasteiger partial charge is 0.464 e. The molecule has 1 N–H and O–H groups in total. The Balaban J connectivity index is 2.65. The van der Waals surface area contributed by atoms with Crippen LogP contribution in [0.1, 0.15) is 0 Å². The highest BCUT2D eigenvalue weighted by Gasteiger charge is 2.07. The molecular formula is C8H8ClN3O2. The van der Waals surface area contributed by atoms with Crippen molar-refractivity contribution in [1.29, 1.82) is 0 Å². The summed E-state index contributed by atoms with van der Waals surface area (Å²) in [6.07, 6.45) is 2.81. The van der Waals surface area contributed by atoms with Crippen LogP contribution in [-0.2, 0) is 9.53 Å². The number of anilines is 1. The summed E-state index contributed by atoms with van der Waals surface area (Å²) in [5.74, 6) is -0.326. The Morgan fingerprint density at radius 1 is 1.57 bits per heavy atom. The lowest BCUT2D eigenvalue weighted by Gasteiger charge is -2.04. The van der Waals surface area contributed by atoms with E-state index in [4.69, 9.17) is 11.6 Å². The molecular weight excluding hydrogens is 206 g/mol. The molecule has 0 amide bonds. The number of methoxy groups -OCH3 is 1. The van der Waals surface area contributed by atoms with Crippen molar-refractivity contribution in [1.82, 2.24) is 9.97 Å². The van der Waals surface area contributed by atoms with Crippen molar-refractivity contribution in [3.63, 3.8) is 0 Å². The lowest BCUT2D eigenvalue weighted by molar-refractivity contribution is -0.135. The predicted molar refractivity (Wildman–Crippen MR) is 51.8 cm³/mol. The summed E-state index contributed by atoms with van der Waals surface area (Å²) in [5.41, 5.74) is 0.0647. The molecule has 0 bridgehead atoms. The maximum absolute atomic E-state index is 10.9. The highest BCUT2D eigenvalue weighted by atomic mass is 35.5. The Hall–Kier alpha value is -1.62. The number of aromatic nitrogens is 2. The maximum atomic E-state index is 10.9. The van der Waals surface area contributed by atoms with Crippen LogP contribution in [0.2, 0.25) is 5.02 Å². The van der Waals surface area contributed by atoms with E-state index in [-0.39, 0.29) is 11.6 Å². The number of carbonyl (C=O) groups excluding carboxylic acids is 1. The smallest absolute Gasteiger partial charge is 0.353 e. The first-order chi connectivity index (χ1) is 6.63. The molecule has 0 aromatic carbocycles. The van der Waals surface area contributed by atoms with Crippen molar-refractivity contribution >= 4 is 23.5 Å². The van der Waals surface area contributed by atoms with Gasteiger partial charge in [0.25, 0.3) is 0 Å². The number of halogens is 1. The SMILES string of the molecule is C=C(Nc1ncc(Cl)cn1)C(=O)OC. The Morgan fingerprint density at radius 2 is 2.14 bits per heavy atom. The third kappa shape index (κ3) is 2.70. The van der Waals surface area contributed by atoms with E-state index < -0.39 is 5.97 Å². The zero-order chi connectivity index (χ0) is 10.6. The van der Waals surface area contributed by atoms with Crippen LogP contribution in [0.5, 0.6) is 0 Å². The maximum Gasteiger partial charge on any atom is 0.353 e. The minimum atomic E-state index is -0.566. The zero-order valence-corrected chi connectivity index (χ0v) is 8.21. The summed E-state index contributed by atoms with van der Waals surface area (Å²) in [5, 5.41) is 2.99. The Bertz CT molecular complexity index is 350. The van der Waals surface area contributed by atoms with Gasteiger partial charge in [-0.1, -0.05) is 18.2 Å². The molecule has 0 atom stereocenters. The van der Waals surface area contributed by atoms with E-state index in [1.54, 1.807) is 0 Å². The summed E-state index contributed by atoms with van der Waals surface area (Å²) in [4.78, 5) is 18.5. The zero-order valence-electron chi connectivity index (χ0n) is 7.45. The van der Waals surface area contributed by atoms with Gasteiger partial charge in [-0.15, -0.1) is 0 Å². The third-order valence-electron chi connectivity index (χ3n) is 1.31. The van der Waals surface area contributed by atoms with Crippen LogP contribution >= 0.6 is 11.6 Å². The average molecular weight is 214 g/mol. The topological polar surface area (TPSA) is 64.1 Å². The molecule has 0 aliphatic heterocycles. The lowest BCUT2D eigenvalue weighted by atomic mass is 10.5.